The molecule has 1 saturated heterocycles. The Morgan fingerprint density at radius 1 is 1.00 bits per heavy atom. The Balaban J connectivity index is 1.40. The van der Waals surface area contributed by atoms with Gasteiger partial charge in [0.2, 0.25) is 0 Å². The van der Waals surface area contributed by atoms with E-state index in [-0.39, 0.29) is 5.91 Å². The highest BCUT2D eigenvalue weighted by Crippen LogP contribution is 2.27. The van der Waals surface area contributed by atoms with Crippen LogP contribution in [0.15, 0.2) is 48.7 Å². The molecule has 150 valence electrons. The molecule has 1 aromatic carbocycles. The van der Waals surface area contributed by atoms with E-state index in [0.29, 0.717) is 18.7 Å². The topological polar surface area (TPSA) is 56.7 Å². The van der Waals surface area contributed by atoms with Crippen molar-refractivity contribution in [2.75, 3.05) is 31.1 Å². The summed E-state index contributed by atoms with van der Waals surface area (Å²) in [5.74, 6) is 7.13. The largest absolute Gasteiger partial charge is 0.378 e. The van der Waals surface area contributed by atoms with E-state index in [1.807, 2.05) is 47.4 Å². The quantitative estimate of drug-likeness (QED) is 0.802. The number of nitrogens with zero attached hydrogens (tertiary/aromatic N) is 3. The van der Waals surface area contributed by atoms with Gasteiger partial charge in [-0.1, -0.05) is 30.4 Å². The van der Waals surface area contributed by atoms with E-state index in [2.05, 4.69) is 21.7 Å². The monoisotopic (exact) mass is 389 g/mol. The van der Waals surface area contributed by atoms with E-state index >= 15 is 0 Å². The maximum absolute atomic E-state index is 13.0. The number of aliphatic hydroxyl groups is 1. The van der Waals surface area contributed by atoms with Crippen molar-refractivity contribution in [3.8, 4) is 11.8 Å². The molecule has 4 rings (SSSR count). The highest BCUT2D eigenvalue weighted by atomic mass is 16.3. The molecule has 1 amide bonds. The standard InChI is InChI=1S/C24H27N3O2/c28-23(27-17-15-26(16-18-27)22-9-2-5-14-25-22)21-8-6-7-20(19-21)10-13-24(29)11-3-1-4-12-24/h2,5-9,14,19,29H,1,3-4,11-12,15-18H2. The fraction of sp³-hybridized carbons (Fsp3) is 0.417. The number of amides is 1. The molecule has 0 atom stereocenters. The Morgan fingerprint density at radius 2 is 1.79 bits per heavy atom. The Bertz CT molecular complexity index is 902. The van der Waals surface area contributed by atoms with Gasteiger partial charge < -0.3 is 14.9 Å². The number of anilines is 1. The van der Waals surface area contributed by atoms with Crippen molar-refractivity contribution < 1.29 is 9.90 Å². The van der Waals surface area contributed by atoms with Crippen molar-refractivity contribution in [2.45, 2.75) is 37.7 Å². The number of piperazine rings is 1. The van der Waals surface area contributed by atoms with Crippen LogP contribution < -0.4 is 4.90 Å². The number of hydrogen-bond donors (Lipinski definition) is 1. The minimum Gasteiger partial charge on any atom is -0.378 e. The fourth-order valence-corrected chi connectivity index (χ4v) is 4.04. The van der Waals surface area contributed by atoms with Gasteiger partial charge in [0.25, 0.3) is 5.91 Å². The van der Waals surface area contributed by atoms with Gasteiger partial charge in [0.1, 0.15) is 11.4 Å². The minimum atomic E-state index is -0.875. The van der Waals surface area contributed by atoms with Gasteiger partial charge >= 0.3 is 0 Å². The smallest absolute Gasteiger partial charge is 0.254 e. The van der Waals surface area contributed by atoms with E-state index in [1.54, 1.807) is 6.20 Å². The SMILES string of the molecule is O=C(c1cccc(C#CC2(O)CCCCC2)c1)N1CCN(c2ccccn2)CC1. The number of benzene rings is 1. The molecule has 29 heavy (non-hydrogen) atoms. The molecule has 0 radical (unpaired) electrons. The number of rotatable bonds is 2. The first-order valence-electron chi connectivity index (χ1n) is 10.4. The van der Waals surface area contributed by atoms with E-state index in [0.717, 1.165) is 50.2 Å². The van der Waals surface area contributed by atoms with Gasteiger partial charge in [-0.2, -0.15) is 0 Å². The number of hydrogen-bond acceptors (Lipinski definition) is 4. The van der Waals surface area contributed by atoms with Crippen LogP contribution in [-0.4, -0.2) is 52.7 Å². The molecule has 0 spiro atoms. The third-order valence-corrected chi connectivity index (χ3v) is 5.77. The summed E-state index contributed by atoms with van der Waals surface area (Å²) in [6, 6.07) is 13.3. The summed E-state index contributed by atoms with van der Waals surface area (Å²) >= 11 is 0. The molecule has 5 nitrogen and oxygen atoms in total. The molecule has 2 fully saturated rings. The highest BCUT2D eigenvalue weighted by molar-refractivity contribution is 5.94. The summed E-state index contributed by atoms with van der Waals surface area (Å²) < 4.78 is 0. The minimum absolute atomic E-state index is 0.0331. The normalized spacial score (nSPS) is 18.7. The maximum Gasteiger partial charge on any atom is 0.254 e. The first kappa shape index (κ1) is 19.5. The summed E-state index contributed by atoms with van der Waals surface area (Å²) in [6.45, 7) is 2.89. The maximum atomic E-state index is 13.0. The predicted octanol–water partition coefficient (Wildman–Crippen LogP) is 3.09. The van der Waals surface area contributed by atoms with Crippen molar-refractivity contribution in [3.63, 3.8) is 0 Å². The Kier molecular flexibility index (Phi) is 5.82. The molecular weight excluding hydrogens is 362 g/mol. The van der Waals surface area contributed by atoms with Crippen molar-refractivity contribution in [1.82, 2.24) is 9.88 Å². The second kappa shape index (κ2) is 8.67. The van der Waals surface area contributed by atoms with Gasteiger partial charge in [-0.3, -0.25) is 4.79 Å². The molecule has 0 unspecified atom stereocenters. The van der Waals surface area contributed by atoms with E-state index in [9.17, 15) is 9.90 Å². The van der Waals surface area contributed by atoms with E-state index in [4.69, 9.17) is 0 Å². The highest BCUT2D eigenvalue weighted by Gasteiger charge is 2.26. The van der Waals surface area contributed by atoms with Crippen LogP contribution in [0.4, 0.5) is 5.82 Å². The van der Waals surface area contributed by atoms with Gasteiger partial charge in [-0.05, 0) is 56.0 Å². The van der Waals surface area contributed by atoms with Crippen LogP contribution in [0.1, 0.15) is 48.0 Å². The van der Waals surface area contributed by atoms with Crippen LogP contribution >= 0.6 is 0 Å². The molecule has 5 heteroatoms. The summed E-state index contributed by atoms with van der Waals surface area (Å²) in [5, 5.41) is 10.6. The molecule has 1 N–H and O–H groups in total. The average molecular weight is 389 g/mol. The first-order chi connectivity index (χ1) is 14.1. The van der Waals surface area contributed by atoms with Crippen LogP contribution in [0.3, 0.4) is 0 Å². The summed E-state index contributed by atoms with van der Waals surface area (Å²) in [7, 11) is 0. The van der Waals surface area contributed by atoms with Crippen LogP contribution in [0.2, 0.25) is 0 Å². The predicted molar refractivity (Wildman–Crippen MR) is 114 cm³/mol. The molecule has 2 aromatic rings. The average Bonchev–Trinajstić information content (AvgIpc) is 2.79. The van der Waals surface area contributed by atoms with Crippen LogP contribution in [-0.2, 0) is 0 Å². The van der Waals surface area contributed by atoms with Crippen molar-refractivity contribution in [1.29, 1.82) is 0 Å². The lowest BCUT2D eigenvalue weighted by atomic mass is 9.85. The number of carbonyl (C=O) groups is 1. The van der Waals surface area contributed by atoms with Crippen molar-refractivity contribution >= 4 is 11.7 Å². The Labute approximate surface area is 172 Å². The molecule has 1 aliphatic carbocycles. The number of carbonyl (C=O) groups excluding carboxylic acids is 1. The van der Waals surface area contributed by atoms with E-state index in [1.165, 1.54) is 6.42 Å². The summed E-state index contributed by atoms with van der Waals surface area (Å²) in [5.41, 5.74) is 0.556. The molecule has 1 saturated carbocycles. The molecule has 0 bridgehead atoms. The third kappa shape index (κ3) is 4.78. The van der Waals surface area contributed by atoms with Gasteiger partial charge in [-0.25, -0.2) is 4.98 Å². The van der Waals surface area contributed by atoms with Gasteiger partial charge in [0.15, 0.2) is 0 Å². The Morgan fingerprint density at radius 3 is 2.52 bits per heavy atom. The second-order valence-electron chi connectivity index (χ2n) is 7.89. The van der Waals surface area contributed by atoms with Crippen molar-refractivity contribution in [3.05, 3.63) is 59.8 Å². The van der Waals surface area contributed by atoms with Crippen LogP contribution in [0, 0.1) is 11.8 Å². The van der Waals surface area contributed by atoms with Gasteiger partial charge in [0, 0.05) is 43.5 Å². The number of aromatic nitrogens is 1. The van der Waals surface area contributed by atoms with Crippen LogP contribution in [0.25, 0.3) is 0 Å². The summed E-state index contributed by atoms with van der Waals surface area (Å²) in [4.78, 5) is 21.4. The lowest BCUT2D eigenvalue weighted by molar-refractivity contribution is 0.0610. The second-order valence-corrected chi connectivity index (χ2v) is 7.89. The van der Waals surface area contributed by atoms with Crippen molar-refractivity contribution in [2.24, 2.45) is 0 Å². The molecule has 2 heterocycles. The fourth-order valence-electron chi connectivity index (χ4n) is 4.04. The third-order valence-electron chi connectivity index (χ3n) is 5.77. The lowest BCUT2D eigenvalue weighted by Crippen LogP contribution is -2.49. The zero-order valence-electron chi connectivity index (χ0n) is 16.7. The zero-order valence-corrected chi connectivity index (χ0v) is 16.7. The van der Waals surface area contributed by atoms with E-state index < -0.39 is 5.60 Å². The molecular formula is C24H27N3O2. The molecule has 1 aliphatic heterocycles. The summed E-state index contributed by atoms with van der Waals surface area (Å²) in [6.07, 6.45) is 6.48. The molecule has 1 aromatic heterocycles. The zero-order chi connectivity index (χ0) is 20.1. The number of pyridine rings is 1. The van der Waals surface area contributed by atoms with Crippen LogP contribution in [0.5, 0.6) is 0 Å². The van der Waals surface area contributed by atoms with Gasteiger partial charge in [0.05, 0.1) is 0 Å². The van der Waals surface area contributed by atoms with Gasteiger partial charge in [-0.15, -0.1) is 0 Å². The lowest BCUT2D eigenvalue weighted by Gasteiger charge is -2.35. The first-order valence-corrected chi connectivity index (χ1v) is 10.4. The molecule has 2 aliphatic rings. The Hall–Kier alpha value is -2.84.